The van der Waals surface area contributed by atoms with Crippen molar-refractivity contribution in [3.8, 4) is 5.75 Å². The highest BCUT2D eigenvalue weighted by atomic mass is 79.9. The summed E-state index contributed by atoms with van der Waals surface area (Å²) in [6, 6.07) is 8.14. The Kier molecular flexibility index (Phi) is 2.63. The summed E-state index contributed by atoms with van der Waals surface area (Å²) in [6.45, 7) is 0.598. The lowest BCUT2D eigenvalue weighted by atomic mass is 10.1. The number of imidazole rings is 1. The number of nitrogens with zero attached hydrogens (tertiary/aromatic N) is 3. The summed E-state index contributed by atoms with van der Waals surface area (Å²) in [4.78, 5) is 8.81. The summed E-state index contributed by atoms with van der Waals surface area (Å²) in [6.07, 6.45) is 5.53. The number of benzene rings is 1. The monoisotopic (exact) mass is 330 g/mol. The minimum absolute atomic E-state index is 0.0912. The molecule has 0 saturated heterocycles. The topological polar surface area (TPSA) is 51.5 Å². The molecule has 1 atom stereocenters. The standard InChI is InChI=1S/C14H11BrN4O/c15-12-7-19-6-5-16-14(19)13(18-12)17-10-8-20-11-4-2-1-3-9(10)11/h1-7,10H,8H2,(H,17,18). The van der Waals surface area contributed by atoms with Gasteiger partial charge in [-0.15, -0.1) is 0 Å². The minimum atomic E-state index is 0.0912. The van der Waals surface area contributed by atoms with Crippen LogP contribution in [-0.2, 0) is 0 Å². The first kappa shape index (κ1) is 11.7. The summed E-state index contributed by atoms with van der Waals surface area (Å²) in [5.41, 5.74) is 1.96. The van der Waals surface area contributed by atoms with E-state index >= 15 is 0 Å². The maximum Gasteiger partial charge on any atom is 0.180 e. The van der Waals surface area contributed by atoms with E-state index in [2.05, 4.69) is 37.3 Å². The molecule has 0 radical (unpaired) electrons. The van der Waals surface area contributed by atoms with Crippen LogP contribution in [0.25, 0.3) is 5.65 Å². The van der Waals surface area contributed by atoms with Gasteiger partial charge in [0.1, 0.15) is 17.0 Å². The Morgan fingerprint density at radius 3 is 3.20 bits per heavy atom. The van der Waals surface area contributed by atoms with E-state index < -0.39 is 0 Å². The number of rotatable bonds is 2. The van der Waals surface area contributed by atoms with Crippen LogP contribution in [-0.4, -0.2) is 21.0 Å². The summed E-state index contributed by atoms with van der Waals surface area (Å²) in [5.74, 6) is 1.68. The lowest BCUT2D eigenvalue weighted by Crippen LogP contribution is -2.14. The second kappa shape index (κ2) is 4.49. The molecule has 1 N–H and O–H groups in total. The van der Waals surface area contributed by atoms with Crippen molar-refractivity contribution in [2.45, 2.75) is 6.04 Å². The van der Waals surface area contributed by atoms with Crippen molar-refractivity contribution in [1.82, 2.24) is 14.4 Å². The zero-order chi connectivity index (χ0) is 13.5. The molecular formula is C14H11BrN4O. The average molecular weight is 331 g/mol. The molecule has 3 aromatic rings. The molecule has 4 rings (SSSR count). The van der Waals surface area contributed by atoms with Gasteiger partial charge in [0.05, 0.1) is 6.04 Å². The Morgan fingerprint density at radius 2 is 2.25 bits per heavy atom. The van der Waals surface area contributed by atoms with Gasteiger partial charge in [0.15, 0.2) is 11.5 Å². The fourth-order valence-electron chi connectivity index (χ4n) is 2.45. The molecule has 5 nitrogen and oxygen atoms in total. The van der Waals surface area contributed by atoms with E-state index in [1.807, 2.05) is 35.0 Å². The summed E-state index contributed by atoms with van der Waals surface area (Å²) in [7, 11) is 0. The maximum absolute atomic E-state index is 5.68. The lowest BCUT2D eigenvalue weighted by molar-refractivity contribution is 0.339. The van der Waals surface area contributed by atoms with Crippen LogP contribution in [0.1, 0.15) is 11.6 Å². The van der Waals surface area contributed by atoms with E-state index in [9.17, 15) is 0 Å². The number of ether oxygens (including phenoxy) is 1. The van der Waals surface area contributed by atoms with E-state index in [0.717, 1.165) is 27.4 Å². The SMILES string of the molecule is Brc1cn2ccnc2c(NC2COc3ccccc32)n1. The van der Waals surface area contributed by atoms with E-state index in [0.29, 0.717) is 6.61 Å². The molecule has 20 heavy (non-hydrogen) atoms. The summed E-state index contributed by atoms with van der Waals surface area (Å²) >= 11 is 3.42. The molecule has 0 aliphatic carbocycles. The second-order valence-electron chi connectivity index (χ2n) is 4.62. The molecule has 0 amide bonds. The highest BCUT2D eigenvalue weighted by Crippen LogP contribution is 2.34. The van der Waals surface area contributed by atoms with Crippen LogP contribution in [0.15, 0.2) is 47.5 Å². The number of fused-ring (bicyclic) bond motifs is 2. The highest BCUT2D eigenvalue weighted by Gasteiger charge is 2.24. The molecule has 100 valence electrons. The molecule has 0 saturated carbocycles. The van der Waals surface area contributed by atoms with Gasteiger partial charge in [-0.2, -0.15) is 0 Å². The summed E-state index contributed by atoms with van der Waals surface area (Å²) in [5, 5.41) is 3.42. The molecule has 2 aromatic heterocycles. The van der Waals surface area contributed by atoms with Crippen molar-refractivity contribution in [2.75, 3.05) is 11.9 Å². The quantitative estimate of drug-likeness (QED) is 0.784. The average Bonchev–Trinajstić information content (AvgIpc) is 3.06. The van der Waals surface area contributed by atoms with Crippen molar-refractivity contribution in [2.24, 2.45) is 0 Å². The highest BCUT2D eigenvalue weighted by molar-refractivity contribution is 9.10. The Bertz CT molecular complexity index is 786. The van der Waals surface area contributed by atoms with Crippen LogP contribution < -0.4 is 10.1 Å². The van der Waals surface area contributed by atoms with Crippen LogP contribution in [0.5, 0.6) is 5.75 Å². The zero-order valence-corrected chi connectivity index (χ0v) is 12.0. The minimum Gasteiger partial charge on any atom is -0.491 e. The molecule has 1 aliphatic rings. The van der Waals surface area contributed by atoms with Crippen LogP contribution in [0.3, 0.4) is 0 Å². The maximum atomic E-state index is 5.68. The first-order valence-electron chi connectivity index (χ1n) is 6.29. The third kappa shape index (κ3) is 1.84. The molecule has 0 spiro atoms. The van der Waals surface area contributed by atoms with Gasteiger partial charge >= 0.3 is 0 Å². The molecular weight excluding hydrogens is 320 g/mol. The predicted octanol–water partition coefficient (Wildman–Crippen LogP) is 3.04. The third-order valence-corrected chi connectivity index (χ3v) is 3.74. The van der Waals surface area contributed by atoms with Crippen LogP contribution >= 0.6 is 15.9 Å². The molecule has 0 fully saturated rings. The normalized spacial score (nSPS) is 16.9. The van der Waals surface area contributed by atoms with Gasteiger partial charge in [-0.1, -0.05) is 18.2 Å². The third-order valence-electron chi connectivity index (χ3n) is 3.36. The molecule has 1 aliphatic heterocycles. The van der Waals surface area contributed by atoms with Gasteiger partial charge in [0, 0.05) is 24.2 Å². The number of nitrogens with one attached hydrogen (secondary N) is 1. The van der Waals surface area contributed by atoms with Gasteiger partial charge in [0.25, 0.3) is 0 Å². The number of halogens is 1. The molecule has 3 heterocycles. The van der Waals surface area contributed by atoms with Crippen LogP contribution in [0, 0.1) is 0 Å². The first-order chi connectivity index (χ1) is 9.81. The van der Waals surface area contributed by atoms with Crippen LogP contribution in [0.2, 0.25) is 0 Å². The van der Waals surface area contributed by atoms with Gasteiger partial charge in [-0.25, -0.2) is 9.97 Å². The molecule has 0 bridgehead atoms. The fraction of sp³-hybridized carbons (Fsp3) is 0.143. The molecule has 6 heteroatoms. The summed E-state index contributed by atoms with van der Waals surface area (Å²) < 4.78 is 8.37. The zero-order valence-electron chi connectivity index (χ0n) is 10.5. The lowest BCUT2D eigenvalue weighted by Gasteiger charge is -2.13. The fourth-order valence-corrected chi connectivity index (χ4v) is 2.84. The van der Waals surface area contributed by atoms with E-state index in [1.165, 1.54) is 0 Å². The van der Waals surface area contributed by atoms with Crippen molar-refractivity contribution in [3.63, 3.8) is 0 Å². The number of anilines is 1. The van der Waals surface area contributed by atoms with Gasteiger partial charge in [-0.3, -0.25) is 0 Å². The molecule has 1 aromatic carbocycles. The first-order valence-corrected chi connectivity index (χ1v) is 7.08. The largest absolute Gasteiger partial charge is 0.491 e. The smallest absolute Gasteiger partial charge is 0.180 e. The number of hydrogen-bond acceptors (Lipinski definition) is 4. The number of hydrogen-bond donors (Lipinski definition) is 1. The Morgan fingerprint density at radius 1 is 1.35 bits per heavy atom. The van der Waals surface area contributed by atoms with Gasteiger partial charge in [-0.05, 0) is 22.0 Å². The predicted molar refractivity (Wildman–Crippen MR) is 79.0 cm³/mol. The van der Waals surface area contributed by atoms with E-state index in [1.54, 1.807) is 6.20 Å². The van der Waals surface area contributed by atoms with Crippen molar-refractivity contribution in [1.29, 1.82) is 0 Å². The van der Waals surface area contributed by atoms with Gasteiger partial charge in [0.2, 0.25) is 0 Å². The van der Waals surface area contributed by atoms with Crippen molar-refractivity contribution < 1.29 is 4.74 Å². The molecule has 1 unspecified atom stereocenters. The van der Waals surface area contributed by atoms with E-state index in [-0.39, 0.29) is 6.04 Å². The van der Waals surface area contributed by atoms with Crippen LogP contribution in [0.4, 0.5) is 5.82 Å². The Hall–Kier alpha value is -2.08. The number of para-hydroxylation sites is 1. The van der Waals surface area contributed by atoms with Crippen molar-refractivity contribution >= 4 is 27.4 Å². The number of aromatic nitrogens is 3. The second-order valence-corrected chi connectivity index (χ2v) is 5.43. The van der Waals surface area contributed by atoms with E-state index in [4.69, 9.17) is 4.74 Å². The Balaban J connectivity index is 1.74. The Labute approximate surface area is 123 Å². The van der Waals surface area contributed by atoms with Crippen molar-refractivity contribution in [3.05, 3.63) is 53.0 Å². The van der Waals surface area contributed by atoms with Gasteiger partial charge < -0.3 is 14.5 Å².